The van der Waals surface area contributed by atoms with E-state index in [9.17, 15) is 14.4 Å². The molecule has 3 aromatic rings. The summed E-state index contributed by atoms with van der Waals surface area (Å²) in [4.78, 5) is 39.0. The van der Waals surface area contributed by atoms with Crippen LogP contribution < -0.4 is 15.5 Å². The zero-order valence-electron chi connectivity index (χ0n) is 17.3. The molecule has 162 valence electrons. The van der Waals surface area contributed by atoms with Crippen LogP contribution in [0.25, 0.3) is 0 Å². The molecule has 0 saturated heterocycles. The van der Waals surface area contributed by atoms with E-state index >= 15 is 0 Å². The minimum Gasteiger partial charge on any atom is -0.467 e. The summed E-state index contributed by atoms with van der Waals surface area (Å²) in [6.45, 7) is 1.44. The van der Waals surface area contributed by atoms with Crippen LogP contribution in [0.1, 0.15) is 32.2 Å². The molecule has 31 heavy (non-hydrogen) atoms. The quantitative estimate of drug-likeness (QED) is 0.516. The number of hydrogen-bond acceptors (Lipinski definition) is 8. The number of aromatic nitrogens is 1. The molecule has 2 N–H and O–H groups in total. The second-order valence-electron chi connectivity index (χ2n) is 6.53. The van der Waals surface area contributed by atoms with Crippen LogP contribution in [0, 0.1) is 6.92 Å². The molecule has 0 aliphatic carbocycles. The van der Waals surface area contributed by atoms with E-state index in [0.29, 0.717) is 33.3 Å². The van der Waals surface area contributed by atoms with E-state index in [-0.39, 0.29) is 12.5 Å². The van der Waals surface area contributed by atoms with Gasteiger partial charge in [0.2, 0.25) is 0 Å². The first-order valence-corrected chi connectivity index (χ1v) is 10.2. The third kappa shape index (κ3) is 5.10. The summed E-state index contributed by atoms with van der Waals surface area (Å²) in [5.41, 5.74) is 1.54. The van der Waals surface area contributed by atoms with Crippen molar-refractivity contribution in [2.24, 2.45) is 0 Å². The first-order valence-electron chi connectivity index (χ1n) is 9.39. The Morgan fingerprint density at radius 3 is 2.68 bits per heavy atom. The molecule has 1 aromatic carbocycles. The molecule has 10 heteroatoms. The summed E-state index contributed by atoms with van der Waals surface area (Å²) in [6.07, 6.45) is 1.52. The summed E-state index contributed by atoms with van der Waals surface area (Å²) in [6, 6.07) is 10.2. The maximum atomic E-state index is 12.6. The summed E-state index contributed by atoms with van der Waals surface area (Å²) in [5.74, 6) is -0.864. The van der Waals surface area contributed by atoms with Crippen molar-refractivity contribution in [1.29, 1.82) is 0 Å². The predicted molar refractivity (Wildman–Crippen MR) is 116 cm³/mol. The molecule has 0 atom stereocenters. The summed E-state index contributed by atoms with van der Waals surface area (Å²) < 4.78 is 14.5. The van der Waals surface area contributed by atoms with Gasteiger partial charge in [0.05, 0.1) is 29.8 Å². The molecule has 0 bridgehead atoms. The Labute approximate surface area is 183 Å². The third-order valence-corrected chi connectivity index (χ3v) is 5.46. The van der Waals surface area contributed by atoms with Gasteiger partial charge in [0, 0.05) is 14.1 Å². The van der Waals surface area contributed by atoms with E-state index in [1.807, 2.05) is 0 Å². The minimum atomic E-state index is -0.637. The van der Waals surface area contributed by atoms with Crippen LogP contribution in [0.2, 0.25) is 0 Å². The molecule has 9 nitrogen and oxygen atoms in total. The van der Waals surface area contributed by atoms with Crippen LogP contribution >= 0.6 is 11.5 Å². The van der Waals surface area contributed by atoms with Crippen LogP contribution in [-0.2, 0) is 16.1 Å². The number of anilines is 2. The second kappa shape index (κ2) is 9.90. The Bertz CT molecular complexity index is 1080. The first kappa shape index (κ1) is 22.0. The number of nitrogens with one attached hydrogen (secondary N) is 2. The second-order valence-corrected chi connectivity index (χ2v) is 7.30. The molecule has 2 heterocycles. The number of benzene rings is 1. The van der Waals surface area contributed by atoms with E-state index in [2.05, 4.69) is 15.0 Å². The van der Waals surface area contributed by atoms with Gasteiger partial charge in [0.1, 0.15) is 16.3 Å². The molecule has 0 aliphatic heterocycles. The summed E-state index contributed by atoms with van der Waals surface area (Å²) in [7, 11) is 3.20. The van der Waals surface area contributed by atoms with Crippen molar-refractivity contribution in [1.82, 2.24) is 9.69 Å². The lowest BCUT2D eigenvalue weighted by Crippen LogP contribution is -2.33. The van der Waals surface area contributed by atoms with Gasteiger partial charge in [-0.15, -0.1) is 0 Å². The van der Waals surface area contributed by atoms with Crippen LogP contribution in [0.3, 0.4) is 0 Å². The zero-order valence-corrected chi connectivity index (χ0v) is 18.1. The van der Waals surface area contributed by atoms with Crippen LogP contribution in [-0.4, -0.2) is 42.9 Å². The minimum absolute atomic E-state index is 0.220. The van der Waals surface area contributed by atoms with E-state index in [0.717, 1.165) is 11.5 Å². The fraction of sp³-hybridized carbons (Fsp3) is 0.238. The number of aryl methyl sites for hydroxylation is 1. The Hall–Kier alpha value is -3.66. The van der Waals surface area contributed by atoms with Gasteiger partial charge in [0.15, 0.2) is 6.61 Å². The number of likely N-dealkylation sites (N-methyl/N-ethyl adjacent to an activating group) is 1. The van der Waals surface area contributed by atoms with E-state index in [4.69, 9.17) is 9.15 Å². The molecule has 0 spiro atoms. The van der Waals surface area contributed by atoms with Crippen molar-refractivity contribution in [2.75, 3.05) is 30.9 Å². The van der Waals surface area contributed by atoms with E-state index < -0.39 is 18.5 Å². The Balaban J connectivity index is 1.66. The average molecular weight is 442 g/mol. The highest BCUT2D eigenvalue weighted by Crippen LogP contribution is 2.25. The van der Waals surface area contributed by atoms with Crippen molar-refractivity contribution in [2.45, 2.75) is 13.5 Å². The molecule has 0 fully saturated rings. The number of esters is 1. The van der Waals surface area contributed by atoms with E-state index in [1.54, 1.807) is 50.4 Å². The Morgan fingerprint density at radius 2 is 1.97 bits per heavy atom. The number of carbonyl (C=O) groups is 3. The molecule has 0 radical (unpaired) electrons. The number of amides is 2. The van der Waals surface area contributed by atoms with Crippen molar-refractivity contribution in [3.8, 4) is 0 Å². The molecule has 3 rings (SSSR count). The zero-order chi connectivity index (χ0) is 22.4. The molecular formula is C21H22N4O5S. The highest BCUT2D eigenvalue weighted by Gasteiger charge is 2.23. The largest absolute Gasteiger partial charge is 0.467 e. The molecule has 2 aromatic heterocycles. The number of para-hydroxylation sites is 1. The Morgan fingerprint density at radius 1 is 1.19 bits per heavy atom. The highest BCUT2D eigenvalue weighted by molar-refractivity contribution is 7.10. The fourth-order valence-electron chi connectivity index (χ4n) is 2.85. The molecule has 0 unspecified atom stereocenters. The monoisotopic (exact) mass is 442 g/mol. The van der Waals surface area contributed by atoms with Gasteiger partial charge in [0.25, 0.3) is 11.8 Å². The lowest BCUT2D eigenvalue weighted by molar-refractivity contribution is -0.121. The van der Waals surface area contributed by atoms with Gasteiger partial charge >= 0.3 is 5.97 Å². The average Bonchev–Trinajstić information content (AvgIpc) is 3.44. The number of rotatable bonds is 8. The van der Waals surface area contributed by atoms with Gasteiger partial charge in [-0.2, -0.15) is 4.37 Å². The fourth-order valence-corrected chi connectivity index (χ4v) is 3.58. The maximum absolute atomic E-state index is 12.6. The predicted octanol–water partition coefficient (Wildman–Crippen LogP) is 2.84. The standard InChI is InChI=1S/C21H22N4O5S/c1-13-18(20(22-2)31-24-13)21(28)30-12-17(26)25(3)16-9-5-4-8-15(16)19(27)23-11-14-7-6-10-29-14/h4-10,22H,11-12H2,1-3H3,(H,23,27). The van der Waals surface area contributed by atoms with Crippen molar-refractivity contribution < 1.29 is 23.5 Å². The Kier molecular flexibility index (Phi) is 7.03. The molecule has 0 saturated carbocycles. The molecular weight excluding hydrogens is 420 g/mol. The van der Waals surface area contributed by atoms with Crippen molar-refractivity contribution >= 4 is 40.0 Å². The third-order valence-electron chi connectivity index (χ3n) is 4.51. The smallest absolute Gasteiger partial charge is 0.343 e. The van der Waals surface area contributed by atoms with Gasteiger partial charge in [-0.25, -0.2) is 4.79 Å². The number of nitrogens with zero attached hydrogens (tertiary/aromatic N) is 2. The number of carbonyl (C=O) groups excluding carboxylic acids is 3. The van der Waals surface area contributed by atoms with Gasteiger partial charge in [-0.1, -0.05) is 12.1 Å². The maximum Gasteiger partial charge on any atom is 0.343 e. The number of furan rings is 1. The van der Waals surface area contributed by atoms with Crippen molar-refractivity contribution in [3.63, 3.8) is 0 Å². The molecule has 2 amide bonds. The highest BCUT2D eigenvalue weighted by atomic mass is 32.1. The number of hydrogen-bond donors (Lipinski definition) is 2. The summed E-state index contributed by atoms with van der Waals surface area (Å²) >= 11 is 1.14. The topological polar surface area (TPSA) is 114 Å². The van der Waals surface area contributed by atoms with Crippen LogP contribution in [0.15, 0.2) is 47.1 Å². The van der Waals surface area contributed by atoms with Crippen LogP contribution in [0.4, 0.5) is 10.7 Å². The van der Waals surface area contributed by atoms with Crippen molar-refractivity contribution in [3.05, 3.63) is 65.2 Å². The lowest BCUT2D eigenvalue weighted by atomic mass is 10.1. The van der Waals surface area contributed by atoms with Crippen LogP contribution in [0.5, 0.6) is 0 Å². The van der Waals surface area contributed by atoms with E-state index in [1.165, 1.54) is 18.2 Å². The summed E-state index contributed by atoms with van der Waals surface area (Å²) in [5, 5.41) is 6.21. The number of ether oxygens (including phenoxy) is 1. The molecule has 0 aliphatic rings. The first-order chi connectivity index (χ1) is 14.9. The normalized spacial score (nSPS) is 10.4. The van der Waals surface area contributed by atoms with Gasteiger partial charge < -0.3 is 24.7 Å². The SMILES string of the molecule is CNc1snc(C)c1C(=O)OCC(=O)N(C)c1ccccc1C(=O)NCc1ccco1. The van der Waals surface area contributed by atoms with Gasteiger partial charge in [-0.3, -0.25) is 9.59 Å². The van der Waals surface area contributed by atoms with Gasteiger partial charge in [-0.05, 0) is 42.7 Å². The lowest BCUT2D eigenvalue weighted by Gasteiger charge is -2.20.